The minimum atomic E-state index is -0.531. The highest BCUT2D eigenvalue weighted by molar-refractivity contribution is 5.95. The summed E-state index contributed by atoms with van der Waals surface area (Å²) in [6.07, 6.45) is 2.02. The van der Waals surface area contributed by atoms with E-state index in [-0.39, 0.29) is 22.8 Å². The van der Waals surface area contributed by atoms with Crippen molar-refractivity contribution in [3.8, 4) is 5.75 Å². The van der Waals surface area contributed by atoms with Crippen molar-refractivity contribution in [1.82, 2.24) is 10.6 Å². The number of benzene rings is 1. The van der Waals surface area contributed by atoms with E-state index in [1.807, 2.05) is 0 Å². The molecule has 1 heterocycles. The molecule has 0 radical (unpaired) electrons. The zero-order chi connectivity index (χ0) is 16.2. The normalized spacial score (nSPS) is 16.8. The summed E-state index contributed by atoms with van der Waals surface area (Å²) in [6, 6.07) is 4.14. The first-order chi connectivity index (χ1) is 10.4. The molecule has 1 fully saturated rings. The van der Waals surface area contributed by atoms with Crippen LogP contribution in [0.3, 0.4) is 0 Å². The summed E-state index contributed by atoms with van der Waals surface area (Å²) in [5, 5.41) is 17.1. The Kier molecular flexibility index (Phi) is 4.97. The van der Waals surface area contributed by atoms with Crippen LogP contribution in [-0.4, -0.2) is 37.6 Å². The Labute approximate surface area is 129 Å². The van der Waals surface area contributed by atoms with Gasteiger partial charge in [-0.3, -0.25) is 14.9 Å². The van der Waals surface area contributed by atoms with Crippen LogP contribution in [0.15, 0.2) is 18.2 Å². The number of nitro groups is 1. The molecule has 2 N–H and O–H groups in total. The molecule has 1 aliphatic rings. The molecule has 1 amide bonds. The van der Waals surface area contributed by atoms with Crippen molar-refractivity contribution in [1.29, 1.82) is 0 Å². The highest BCUT2D eigenvalue weighted by atomic mass is 16.6. The van der Waals surface area contributed by atoms with E-state index in [0.29, 0.717) is 12.1 Å². The lowest BCUT2D eigenvalue weighted by Crippen LogP contribution is -2.42. The molecule has 0 bridgehead atoms. The number of hydrogen-bond donors (Lipinski definition) is 2. The lowest BCUT2D eigenvalue weighted by atomic mass is 9.81. The van der Waals surface area contributed by atoms with Crippen molar-refractivity contribution in [2.75, 3.05) is 26.7 Å². The Morgan fingerprint density at radius 1 is 1.45 bits per heavy atom. The molecule has 22 heavy (non-hydrogen) atoms. The smallest absolute Gasteiger partial charge is 0.310 e. The second-order valence-electron chi connectivity index (χ2n) is 5.89. The van der Waals surface area contributed by atoms with Crippen LogP contribution in [0.25, 0.3) is 0 Å². The number of carbonyl (C=O) groups is 1. The summed E-state index contributed by atoms with van der Waals surface area (Å²) >= 11 is 0. The van der Waals surface area contributed by atoms with Crippen LogP contribution in [-0.2, 0) is 0 Å². The van der Waals surface area contributed by atoms with Gasteiger partial charge in [0.15, 0.2) is 5.75 Å². The Balaban J connectivity index is 2.04. The molecule has 120 valence electrons. The standard InChI is InChI=1S/C15H21N3O4/c1-15(5-7-16-8-6-15)10-17-14(19)11-3-4-12(18(20)21)13(9-11)22-2/h3-4,9,16H,5-8,10H2,1-2H3,(H,17,19). The van der Waals surface area contributed by atoms with Crippen molar-refractivity contribution < 1.29 is 14.5 Å². The molecule has 0 spiro atoms. The zero-order valence-corrected chi connectivity index (χ0v) is 12.8. The Hall–Kier alpha value is -2.15. The van der Waals surface area contributed by atoms with E-state index in [1.165, 1.54) is 25.3 Å². The van der Waals surface area contributed by atoms with E-state index < -0.39 is 4.92 Å². The van der Waals surface area contributed by atoms with Crippen molar-refractivity contribution in [3.05, 3.63) is 33.9 Å². The number of carbonyl (C=O) groups excluding carboxylic acids is 1. The third-order valence-electron chi connectivity index (χ3n) is 4.12. The second kappa shape index (κ2) is 6.74. The Morgan fingerprint density at radius 3 is 2.73 bits per heavy atom. The van der Waals surface area contributed by atoms with Crippen molar-refractivity contribution in [2.45, 2.75) is 19.8 Å². The molecule has 1 saturated heterocycles. The van der Waals surface area contributed by atoms with E-state index in [9.17, 15) is 14.9 Å². The number of ether oxygens (including phenoxy) is 1. The van der Waals surface area contributed by atoms with E-state index in [2.05, 4.69) is 17.6 Å². The number of nitrogens with zero attached hydrogens (tertiary/aromatic N) is 1. The molecule has 1 aromatic carbocycles. The molecule has 0 aliphatic carbocycles. The summed E-state index contributed by atoms with van der Waals surface area (Å²) < 4.78 is 4.98. The highest BCUT2D eigenvalue weighted by Gasteiger charge is 2.27. The first-order valence-electron chi connectivity index (χ1n) is 7.26. The van der Waals surface area contributed by atoms with E-state index in [0.717, 1.165) is 25.9 Å². The molecule has 0 unspecified atom stereocenters. The van der Waals surface area contributed by atoms with Gasteiger partial charge < -0.3 is 15.4 Å². The molecular weight excluding hydrogens is 286 g/mol. The van der Waals surface area contributed by atoms with Gasteiger partial charge in [0.05, 0.1) is 12.0 Å². The number of rotatable bonds is 5. The molecule has 2 rings (SSSR count). The number of methoxy groups -OCH3 is 1. The SMILES string of the molecule is COc1cc(C(=O)NCC2(C)CCNCC2)ccc1[N+](=O)[O-]. The van der Waals surface area contributed by atoms with E-state index in [4.69, 9.17) is 4.74 Å². The van der Waals surface area contributed by atoms with Crippen LogP contribution < -0.4 is 15.4 Å². The zero-order valence-electron chi connectivity index (χ0n) is 12.8. The van der Waals surface area contributed by atoms with Gasteiger partial charge in [0.25, 0.3) is 5.91 Å². The average molecular weight is 307 g/mol. The quantitative estimate of drug-likeness (QED) is 0.638. The van der Waals surface area contributed by atoms with Crippen LogP contribution in [0, 0.1) is 15.5 Å². The molecular formula is C15H21N3O4. The molecule has 0 atom stereocenters. The first kappa shape index (κ1) is 16.2. The van der Waals surface area contributed by atoms with Gasteiger partial charge in [0, 0.05) is 24.2 Å². The van der Waals surface area contributed by atoms with Crippen LogP contribution >= 0.6 is 0 Å². The van der Waals surface area contributed by atoms with Crippen LogP contribution in [0.4, 0.5) is 5.69 Å². The molecule has 7 nitrogen and oxygen atoms in total. The molecule has 1 aromatic rings. The van der Waals surface area contributed by atoms with Crippen LogP contribution in [0.1, 0.15) is 30.1 Å². The maximum absolute atomic E-state index is 12.2. The van der Waals surface area contributed by atoms with Gasteiger partial charge in [-0.25, -0.2) is 0 Å². The summed E-state index contributed by atoms with van der Waals surface area (Å²) in [7, 11) is 1.35. The average Bonchev–Trinajstić information content (AvgIpc) is 2.52. The molecule has 0 aromatic heterocycles. The summed E-state index contributed by atoms with van der Waals surface area (Å²) in [6.45, 7) is 4.66. The van der Waals surface area contributed by atoms with Gasteiger partial charge in [0.1, 0.15) is 0 Å². The van der Waals surface area contributed by atoms with Gasteiger partial charge in [0.2, 0.25) is 0 Å². The summed E-state index contributed by atoms with van der Waals surface area (Å²) in [5.74, 6) is -0.154. The highest BCUT2D eigenvalue weighted by Crippen LogP contribution is 2.29. The third-order valence-corrected chi connectivity index (χ3v) is 4.12. The lowest BCUT2D eigenvalue weighted by molar-refractivity contribution is -0.385. The molecule has 7 heteroatoms. The third kappa shape index (κ3) is 3.73. The van der Waals surface area contributed by atoms with Crippen LogP contribution in [0.2, 0.25) is 0 Å². The fraction of sp³-hybridized carbons (Fsp3) is 0.533. The first-order valence-corrected chi connectivity index (χ1v) is 7.26. The Morgan fingerprint density at radius 2 is 2.14 bits per heavy atom. The monoisotopic (exact) mass is 307 g/mol. The largest absolute Gasteiger partial charge is 0.490 e. The van der Waals surface area contributed by atoms with Crippen molar-refractivity contribution in [2.24, 2.45) is 5.41 Å². The van der Waals surface area contributed by atoms with Gasteiger partial charge >= 0.3 is 5.69 Å². The second-order valence-corrected chi connectivity index (χ2v) is 5.89. The topological polar surface area (TPSA) is 93.5 Å². The van der Waals surface area contributed by atoms with Crippen molar-refractivity contribution >= 4 is 11.6 Å². The van der Waals surface area contributed by atoms with Gasteiger partial charge in [-0.2, -0.15) is 0 Å². The van der Waals surface area contributed by atoms with E-state index in [1.54, 1.807) is 0 Å². The maximum Gasteiger partial charge on any atom is 0.310 e. The van der Waals surface area contributed by atoms with Crippen molar-refractivity contribution in [3.63, 3.8) is 0 Å². The minimum absolute atomic E-state index is 0.0886. The van der Waals surface area contributed by atoms with Gasteiger partial charge in [-0.1, -0.05) is 6.92 Å². The number of hydrogen-bond acceptors (Lipinski definition) is 5. The molecule has 0 saturated carbocycles. The fourth-order valence-electron chi connectivity index (χ4n) is 2.57. The minimum Gasteiger partial charge on any atom is -0.490 e. The maximum atomic E-state index is 12.2. The number of piperidine rings is 1. The summed E-state index contributed by atoms with van der Waals surface area (Å²) in [5.41, 5.74) is 0.301. The van der Waals surface area contributed by atoms with Gasteiger partial charge in [-0.15, -0.1) is 0 Å². The predicted molar refractivity (Wildman–Crippen MR) is 82.2 cm³/mol. The van der Waals surface area contributed by atoms with Gasteiger partial charge in [-0.05, 0) is 37.4 Å². The van der Waals surface area contributed by atoms with Crippen LogP contribution in [0.5, 0.6) is 5.75 Å². The predicted octanol–water partition coefficient (Wildman–Crippen LogP) is 1.72. The number of amides is 1. The van der Waals surface area contributed by atoms with E-state index >= 15 is 0 Å². The Bertz CT molecular complexity index is 568. The fourth-order valence-corrected chi connectivity index (χ4v) is 2.57. The lowest BCUT2D eigenvalue weighted by Gasteiger charge is -2.34. The molecule has 1 aliphatic heterocycles. The number of nitro benzene ring substituents is 1. The number of nitrogens with one attached hydrogen (secondary N) is 2. The summed E-state index contributed by atoms with van der Waals surface area (Å²) in [4.78, 5) is 22.6.